The largest absolute Gasteiger partial charge is 0.0823 e. The molecule has 2 unspecified atom stereocenters. The van der Waals surface area contributed by atoms with Crippen LogP contribution in [0.15, 0.2) is 57.5 Å². The lowest BCUT2D eigenvalue weighted by molar-refractivity contribution is 0.932. The third-order valence-corrected chi connectivity index (χ3v) is 6.69. The van der Waals surface area contributed by atoms with Gasteiger partial charge >= 0.3 is 0 Å². The Morgan fingerprint density at radius 1 is 0.722 bits per heavy atom. The summed E-state index contributed by atoms with van der Waals surface area (Å²) in [5, 5.41) is 0. The van der Waals surface area contributed by atoms with E-state index in [0.29, 0.717) is 0 Å². The van der Waals surface area contributed by atoms with Crippen LogP contribution in [0.25, 0.3) is 0 Å². The molecule has 0 aromatic heterocycles. The molecular weight excluding hydrogens is 488 g/mol. The topological polar surface area (TPSA) is 0 Å². The Balaban J connectivity index is 2.26. The van der Waals surface area contributed by atoms with E-state index in [9.17, 15) is 0 Å². The molecule has 2 rings (SSSR count). The molecule has 4 heteroatoms. The minimum atomic E-state index is 0.217. The quantitative estimate of drug-likeness (QED) is 0.410. The molecule has 0 aliphatic heterocycles. The van der Waals surface area contributed by atoms with Gasteiger partial charge < -0.3 is 0 Å². The molecule has 2 atom stereocenters. The molecule has 2 aromatic rings. The molecule has 0 saturated carbocycles. The fourth-order valence-corrected chi connectivity index (χ4v) is 4.07. The molecule has 2 aromatic carbocycles. The van der Waals surface area contributed by atoms with Gasteiger partial charge in [0.05, 0.1) is 9.65 Å². The lowest BCUT2D eigenvalue weighted by Crippen LogP contribution is -2.00. The van der Waals surface area contributed by atoms with Gasteiger partial charge in [0.25, 0.3) is 0 Å². The van der Waals surface area contributed by atoms with E-state index in [0.717, 1.165) is 8.95 Å². The molecule has 0 bridgehead atoms. The molecule has 0 nitrogen and oxygen atoms in total. The van der Waals surface area contributed by atoms with Gasteiger partial charge in [-0.3, -0.25) is 0 Å². The van der Waals surface area contributed by atoms with Gasteiger partial charge in [0.2, 0.25) is 0 Å². The Morgan fingerprint density at radius 2 is 1.33 bits per heavy atom. The molecule has 0 amide bonds. The first kappa shape index (κ1) is 14.8. The third-order valence-electron chi connectivity index (χ3n) is 2.65. The van der Waals surface area contributed by atoms with Gasteiger partial charge in [-0.1, -0.05) is 94.1 Å². The first-order chi connectivity index (χ1) is 8.59. The number of benzene rings is 2. The van der Waals surface area contributed by atoms with Crippen LogP contribution in [-0.2, 0) is 0 Å². The average Bonchev–Trinajstić information content (AvgIpc) is 2.38. The summed E-state index contributed by atoms with van der Waals surface area (Å²) in [4.78, 5) is 0.443. The van der Waals surface area contributed by atoms with E-state index in [4.69, 9.17) is 0 Å². The Labute approximate surface area is 141 Å². The van der Waals surface area contributed by atoms with Gasteiger partial charge in [0.1, 0.15) is 0 Å². The first-order valence-corrected chi connectivity index (χ1v) is 8.79. The molecule has 0 aliphatic carbocycles. The van der Waals surface area contributed by atoms with Gasteiger partial charge in [-0.15, -0.1) is 0 Å². The van der Waals surface area contributed by atoms with E-state index in [2.05, 4.69) is 106 Å². The van der Waals surface area contributed by atoms with Crippen LogP contribution in [0, 0.1) is 0 Å². The Kier molecular flexibility index (Phi) is 5.48. The van der Waals surface area contributed by atoms with Crippen molar-refractivity contribution >= 4 is 63.7 Å². The maximum absolute atomic E-state index is 3.77. The summed E-state index contributed by atoms with van der Waals surface area (Å²) in [6.45, 7) is 0. The van der Waals surface area contributed by atoms with Crippen molar-refractivity contribution in [2.75, 3.05) is 0 Å². The van der Waals surface area contributed by atoms with Crippen LogP contribution in [0.3, 0.4) is 0 Å². The predicted molar refractivity (Wildman–Crippen MR) is 91.6 cm³/mol. The van der Waals surface area contributed by atoms with Crippen molar-refractivity contribution in [1.82, 2.24) is 0 Å². The van der Waals surface area contributed by atoms with E-state index < -0.39 is 0 Å². The highest BCUT2D eigenvalue weighted by molar-refractivity contribution is 9.12. The molecular formula is C14H10Br4. The number of alkyl halides is 2. The van der Waals surface area contributed by atoms with Gasteiger partial charge in [-0.05, 0) is 29.3 Å². The minimum absolute atomic E-state index is 0.217. The summed E-state index contributed by atoms with van der Waals surface area (Å²) in [7, 11) is 0. The van der Waals surface area contributed by atoms with Gasteiger partial charge in [-0.25, -0.2) is 0 Å². The van der Waals surface area contributed by atoms with Crippen molar-refractivity contribution in [2.24, 2.45) is 0 Å². The summed E-state index contributed by atoms with van der Waals surface area (Å²) in [6.07, 6.45) is 0. The number of rotatable bonds is 3. The van der Waals surface area contributed by atoms with Crippen LogP contribution < -0.4 is 0 Å². The number of hydrogen-bond acceptors (Lipinski definition) is 0. The monoisotopic (exact) mass is 494 g/mol. The molecule has 0 aliphatic rings. The molecule has 0 heterocycles. The van der Waals surface area contributed by atoms with Crippen molar-refractivity contribution in [1.29, 1.82) is 0 Å². The molecule has 0 fully saturated rings. The van der Waals surface area contributed by atoms with Crippen LogP contribution >= 0.6 is 63.7 Å². The molecule has 0 N–H and O–H groups in total. The summed E-state index contributed by atoms with van der Waals surface area (Å²) >= 11 is 14.6. The highest BCUT2D eigenvalue weighted by Crippen LogP contribution is 2.44. The maximum Gasteiger partial charge on any atom is 0.0572 e. The van der Waals surface area contributed by atoms with E-state index in [-0.39, 0.29) is 9.65 Å². The van der Waals surface area contributed by atoms with E-state index in [1.54, 1.807) is 0 Å². The first-order valence-electron chi connectivity index (χ1n) is 5.37. The predicted octanol–water partition coefficient (Wildman–Crippen LogP) is 6.78. The zero-order valence-electron chi connectivity index (χ0n) is 9.29. The van der Waals surface area contributed by atoms with Crippen LogP contribution in [0.2, 0.25) is 0 Å². The number of halogens is 4. The lowest BCUT2D eigenvalue weighted by Gasteiger charge is -2.19. The Morgan fingerprint density at radius 3 is 1.94 bits per heavy atom. The summed E-state index contributed by atoms with van der Waals surface area (Å²) in [5.41, 5.74) is 2.48. The Hall–Kier alpha value is 0.360. The fourth-order valence-electron chi connectivity index (χ4n) is 1.67. The van der Waals surface area contributed by atoms with Crippen LogP contribution in [-0.4, -0.2) is 0 Å². The maximum atomic E-state index is 3.77. The molecule has 0 spiro atoms. The second kappa shape index (κ2) is 6.69. The summed E-state index contributed by atoms with van der Waals surface area (Å²) in [5.74, 6) is 0. The van der Waals surface area contributed by atoms with Crippen LogP contribution in [0.4, 0.5) is 0 Å². The zero-order chi connectivity index (χ0) is 13.1. The van der Waals surface area contributed by atoms with Crippen molar-refractivity contribution in [3.05, 3.63) is 68.6 Å². The van der Waals surface area contributed by atoms with Gasteiger partial charge in [0, 0.05) is 8.95 Å². The standard InChI is InChI=1S/C14H10Br4/c15-10-7-5-9(6-8-10)13(17)14(18)11-3-1-2-4-12(11)16/h1-8,13-14H. The second-order valence-electron chi connectivity index (χ2n) is 3.88. The highest BCUT2D eigenvalue weighted by Gasteiger charge is 2.21. The van der Waals surface area contributed by atoms with Crippen molar-refractivity contribution in [3.63, 3.8) is 0 Å². The van der Waals surface area contributed by atoms with Crippen molar-refractivity contribution in [3.8, 4) is 0 Å². The van der Waals surface area contributed by atoms with Crippen molar-refractivity contribution < 1.29 is 0 Å². The smallest absolute Gasteiger partial charge is 0.0572 e. The summed E-state index contributed by atoms with van der Waals surface area (Å²) in [6, 6.07) is 16.6. The second-order valence-corrected chi connectivity index (χ2v) is 7.62. The zero-order valence-corrected chi connectivity index (χ0v) is 15.6. The highest BCUT2D eigenvalue weighted by atomic mass is 79.9. The fraction of sp³-hybridized carbons (Fsp3) is 0.143. The van der Waals surface area contributed by atoms with Gasteiger partial charge in [0.15, 0.2) is 0 Å². The lowest BCUT2D eigenvalue weighted by atomic mass is 10.0. The SMILES string of the molecule is Brc1ccc(C(Br)C(Br)c2ccccc2Br)cc1. The van der Waals surface area contributed by atoms with E-state index in [1.165, 1.54) is 11.1 Å². The molecule has 94 valence electrons. The van der Waals surface area contributed by atoms with Crippen LogP contribution in [0.1, 0.15) is 20.8 Å². The third kappa shape index (κ3) is 3.47. The molecule has 18 heavy (non-hydrogen) atoms. The molecule has 0 radical (unpaired) electrons. The van der Waals surface area contributed by atoms with E-state index >= 15 is 0 Å². The normalized spacial score (nSPS) is 14.2. The van der Waals surface area contributed by atoms with Crippen molar-refractivity contribution in [2.45, 2.75) is 9.65 Å². The minimum Gasteiger partial charge on any atom is -0.0823 e. The van der Waals surface area contributed by atoms with E-state index in [1.807, 2.05) is 6.07 Å². The van der Waals surface area contributed by atoms with Gasteiger partial charge in [-0.2, -0.15) is 0 Å². The van der Waals surface area contributed by atoms with Crippen LogP contribution in [0.5, 0.6) is 0 Å². The average molecular weight is 498 g/mol. The number of hydrogen-bond donors (Lipinski definition) is 0. The molecule has 0 saturated heterocycles. The Bertz CT molecular complexity index is 522. The summed E-state index contributed by atoms with van der Waals surface area (Å²) < 4.78 is 2.21.